The predicted octanol–water partition coefficient (Wildman–Crippen LogP) is 5.40. The van der Waals surface area contributed by atoms with Crippen LogP contribution >= 0.6 is 11.3 Å². The van der Waals surface area contributed by atoms with Crippen molar-refractivity contribution in [2.45, 2.75) is 39.9 Å². The van der Waals surface area contributed by atoms with E-state index in [1.807, 2.05) is 54.6 Å². The molecule has 1 aromatic heterocycles. The van der Waals surface area contributed by atoms with Gasteiger partial charge in [0.1, 0.15) is 0 Å². The molecule has 0 aliphatic carbocycles. The average molecular weight is 485 g/mol. The summed E-state index contributed by atoms with van der Waals surface area (Å²) in [5.74, 6) is -0.0817. The number of amides is 1. The molecule has 0 aliphatic rings. The molecule has 0 aliphatic heterocycles. The van der Waals surface area contributed by atoms with Crippen LogP contribution in [0, 0.1) is 13.8 Å². The fourth-order valence-corrected chi connectivity index (χ4v) is 4.81. The average Bonchev–Trinajstić information content (AvgIpc) is 3.24. The summed E-state index contributed by atoms with van der Waals surface area (Å²) in [5.41, 5.74) is 12.0. The van der Waals surface area contributed by atoms with Crippen molar-refractivity contribution in [1.29, 1.82) is 0 Å². The first-order valence-corrected chi connectivity index (χ1v) is 12.7. The van der Waals surface area contributed by atoms with E-state index in [1.54, 1.807) is 11.3 Å². The molecular weight excluding hydrogens is 452 g/mol. The number of nitrogens with one attached hydrogen (secondary N) is 1. The molecule has 0 unspecified atom stereocenters. The quantitative estimate of drug-likeness (QED) is 0.316. The van der Waals surface area contributed by atoms with Gasteiger partial charge < -0.3 is 16.0 Å². The van der Waals surface area contributed by atoms with E-state index in [0.717, 1.165) is 47.0 Å². The maximum atomic E-state index is 12.7. The third-order valence-corrected chi connectivity index (χ3v) is 7.20. The summed E-state index contributed by atoms with van der Waals surface area (Å²) in [5, 5.41) is 4.04. The molecule has 35 heavy (non-hydrogen) atoms. The standard InChI is InChI=1S/C29H32N4OS/c1-21-22(2)35-29(32-21)33(16-15-23-7-4-3-5-8-23)20-24-11-13-27(14-12-24)28(34)31-19-26-10-6-9-25(17-26)18-30/h3-14,17H,15-16,18-20,30H2,1-2H3,(H,31,34). The first-order chi connectivity index (χ1) is 17.0. The lowest BCUT2D eigenvalue weighted by molar-refractivity contribution is 0.0951. The van der Waals surface area contributed by atoms with E-state index in [1.165, 1.54) is 10.4 Å². The number of carbonyl (C=O) groups is 1. The topological polar surface area (TPSA) is 71.2 Å². The second-order valence-electron chi connectivity index (χ2n) is 8.70. The molecule has 3 aromatic carbocycles. The zero-order valence-corrected chi connectivity index (χ0v) is 21.1. The van der Waals surface area contributed by atoms with Gasteiger partial charge in [0, 0.05) is 36.6 Å². The zero-order valence-electron chi connectivity index (χ0n) is 20.3. The lowest BCUT2D eigenvalue weighted by atomic mass is 10.1. The van der Waals surface area contributed by atoms with Gasteiger partial charge in [0.05, 0.1) is 5.69 Å². The summed E-state index contributed by atoms with van der Waals surface area (Å²) in [6, 6.07) is 26.4. The van der Waals surface area contributed by atoms with Gasteiger partial charge in [-0.1, -0.05) is 66.7 Å². The number of anilines is 1. The molecule has 0 saturated heterocycles. The van der Waals surface area contributed by atoms with E-state index < -0.39 is 0 Å². The zero-order chi connectivity index (χ0) is 24.6. The Bertz CT molecular complexity index is 1230. The van der Waals surface area contributed by atoms with Crippen LogP contribution in [0.3, 0.4) is 0 Å². The van der Waals surface area contributed by atoms with Crippen molar-refractivity contribution in [3.63, 3.8) is 0 Å². The summed E-state index contributed by atoms with van der Waals surface area (Å²) < 4.78 is 0. The Morgan fingerprint density at radius 2 is 1.63 bits per heavy atom. The van der Waals surface area contributed by atoms with Crippen molar-refractivity contribution in [3.8, 4) is 0 Å². The summed E-state index contributed by atoms with van der Waals surface area (Å²) in [6.07, 6.45) is 0.949. The largest absolute Gasteiger partial charge is 0.348 e. The Balaban J connectivity index is 1.41. The minimum atomic E-state index is -0.0817. The van der Waals surface area contributed by atoms with Crippen molar-refractivity contribution in [2.75, 3.05) is 11.4 Å². The minimum Gasteiger partial charge on any atom is -0.348 e. The number of rotatable bonds is 10. The molecule has 180 valence electrons. The Morgan fingerprint density at radius 3 is 2.31 bits per heavy atom. The first-order valence-electron chi connectivity index (χ1n) is 11.9. The lowest BCUT2D eigenvalue weighted by Crippen LogP contribution is -2.25. The fraction of sp³-hybridized carbons (Fsp3) is 0.241. The number of nitrogens with two attached hydrogens (primary N) is 1. The third-order valence-electron chi connectivity index (χ3n) is 6.07. The number of nitrogens with zero attached hydrogens (tertiary/aromatic N) is 2. The van der Waals surface area contributed by atoms with E-state index in [4.69, 9.17) is 10.7 Å². The molecule has 4 rings (SSSR count). The second-order valence-corrected chi connectivity index (χ2v) is 9.88. The first kappa shape index (κ1) is 24.6. The highest BCUT2D eigenvalue weighted by Crippen LogP contribution is 2.27. The van der Waals surface area contributed by atoms with Crippen molar-refractivity contribution in [2.24, 2.45) is 5.73 Å². The van der Waals surface area contributed by atoms with Gasteiger partial charge in [0.2, 0.25) is 0 Å². The van der Waals surface area contributed by atoms with Crippen LogP contribution in [0.2, 0.25) is 0 Å². The highest BCUT2D eigenvalue weighted by Gasteiger charge is 2.14. The number of hydrogen-bond acceptors (Lipinski definition) is 5. The van der Waals surface area contributed by atoms with Crippen LogP contribution in [-0.4, -0.2) is 17.4 Å². The normalized spacial score (nSPS) is 10.8. The maximum absolute atomic E-state index is 12.7. The van der Waals surface area contributed by atoms with Crippen molar-refractivity contribution < 1.29 is 4.79 Å². The van der Waals surface area contributed by atoms with E-state index in [9.17, 15) is 4.79 Å². The molecule has 0 bridgehead atoms. The Labute approximate surface area is 211 Å². The molecular formula is C29H32N4OS. The minimum absolute atomic E-state index is 0.0817. The van der Waals surface area contributed by atoms with Gasteiger partial charge in [0.15, 0.2) is 5.13 Å². The molecule has 4 aromatic rings. The van der Waals surface area contributed by atoms with Crippen molar-refractivity contribution in [3.05, 3.63) is 117 Å². The van der Waals surface area contributed by atoms with Crippen molar-refractivity contribution >= 4 is 22.4 Å². The molecule has 3 N–H and O–H groups in total. The Kier molecular flexibility index (Phi) is 8.29. The molecule has 0 atom stereocenters. The van der Waals surface area contributed by atoms with Gasteiger partial charge in [-0.25, -0.2) is 4.98 Å². The smallest absolute Gasteiger partial charge is 0.251 e. The van der Waals surface area contributed by atoms with Gasteiger partial charge in [-0.15, -0.1) is 11.3 Å². The second kappa shape index (κ2) is 11.8. The summed E-state index contributed by atoms with van der Waals surface area (Å²) in [4.78, 5) is 21.0. The maximum Gasteiger partial charge on any atom is 0.251 e. The van der Waals surface area contributed by atoms with Gasteiger partial charge in [-0.3, -0.25) is 4.79 Å². The van der Waals surface area contributed by atoms with Crippen LogP contribution in [0.5, 0.6) is 0 Å². The number of aryl methyl sites for hydroxylation is 2. The monoisotopic (exact) mass is 484 g/mol. The van der Waals surface area contributed by atoms with Crippen molar-refractivity contribution in [1.82, 2.24) is 10.3 Å². The molecule has 0 saturated carbocycles. The summed E-state index contributed by atoms with van der Waals surface area (Å²) >= 11 is 1.73. The Morgan fingerprint density at radius 1 is 0.914 bits per heavy atom. The summed E-state index contributed by atoms with van der Waals surface area (Å²) in [6.45, 7) is 6.76. The Hall–Kier alpha value is -3.48. The molecule has 5 nitrogen and oxygen atoms in total. The van der Waals surface area contributed by atoms with Gasteiger partial charge in [-0.2, -0.15) is 0 Å². The SMILES string of the molecule is Cc1nc(N(CCc2ccccc2)Cc2ccc(C(=O)NCc3cccc(CN)c3)cc2)sc1C. The fourth-order valence-electron chi connectivity index (χ4n) is 3.88. The number of carbonyl (C=O) groups excluding carboxylic acids is 1. The van der Waals surface area contributed by atoms with Crippen LogP contribution < -0.4 is 16.0 Å². The van der Waals surface area contributed by atoms with Crippen LogP contribution in [0.25, 0.3) is 0 Å². The molecule has 6 heteroatoms. The third kappa shape index (κ3) is 6.78. The molecule has 0 radical (unpaired) electrons. The molecule has 0 fully saturated rings. The van der Waals surface area contributed by atoms with Crippen LogP contribution in [0.4, 0.5) is 5.13 Å². The highest BCUT2D eigenvalue weighted by atomic mass is 32.1. The number of thiazole rings is 1. The predicted molar refractivity (Wildman–Crippen MR) is 145 cm³/mol. The van der Waals surface area contributed by atoms with E-state index in [0.29, 0.717) is 18.7 Å². The number of aromatic nitrogens is 1. The van der Waals surface area contributed by atoms with E-state index in [-0.39, 0.29) is 5.91 Å². The summed E-state index contributed by atoms with van der Waals surface area (Å²) in [7, 11) is 0. The molecule has 1 heterocycles. The van der Waals surface area contributed by atoms with Crippen LogP contribution in [0.15, 0.2) is 78.9 Å². The van der Waals surface area contributed by atoms with Crippen LogP contribution in [-0.2, 0) is 26.1 Å². The number of benzene rings is 3. The van der Waals surface area contributed by atoms with E-state index >= 15 is 0 Å². The highest BCUT2D eigenvalue weighted by molar-refractivity contribution is 7.15. The van der Waals surface area contributed by atoms with Gasteiger partial charge >= 0.3 is 0 Å². The number of hydrogen-bond donors (Lipinski definition) is 2. The van der Waals surface area contributed by atoms with Crippen LogP contribution in [0.1, 0.15) is 43.2 Å². The molecule has 0 spiro atoms. The lowest BCUT2D eigenvalue weighted by Gasteiger charge is -2.22. The van der Waals surface area contributed by atoms with E-state index in [2.05, 4.69) is 48.3 Å². The molecule has 1 amide bonds. The van der Waals surface area contributed by atoms with Gasteiger partial charge in [-0.05, 0) is 54.7 Å². The van der Waals surface area contributed by atoms with Gasteiger partial charge in [0.25, 0.3) is 5.91 Å².